The maximum absolute atomic E-state index is 12.2. The van der Waals surface area contributed by atoms with Crippen LogP contribution in [0.5, 0.6) is 28.7 Å². The van der Waals surface area contributed by atoms with E-state index < -0.39 is 11.8 Å². The summed E-state index contributed by atoms with van der Waals surface area (Å²) in [5.41, 5.74) is 1.87. The van der Waals surface area contributed by atoms with Crippen LogP contribution in [0.25, 0.3) is 18.2 Å². The molecule has 3 aromatic rings. The van der Waals surface area contributed by atoms with Gasteiger partial charge in [-0.3, -0.25) is 9.59 Å². The Kier molecular flexibility index (Phi) is 9.59. The third kappa shape index (κ3) is 8.23. The standard InChI is InChI=1S/C30H26O8/c1-36-28-17-21(8-13-26(28)34)6-11-24(32)19-25(33)12-7-22-9-14-27(29(18-22)37-2)38-30(35)15-10-20-4-3-5-23(31)16-20/h3-18,31,34H,19H2,1-2H3/b11-6+,12-7+,15-10+. The number of allylic oxidation sites excluding steroid dienone is 2. The van der Waals surface area contributed by atoms with E-state index >= 15 is 0 Å². The van der Waals surface area contributed by atoms with Crippen LogP contribution in [0.3, 0.4) is 0 Å². The fraction of sp³-hybridized carbons (Fsp3) is 0.100. The van der Waals surface area contributed by atoms with Crippen LogP contribution in [0, 0.1) is 0 Å². The molecule has 0 amide bonds. The predicted octanol–water partition coefficient (Wildman–Crippen LogP) is 4.99. The van der Waals surface area contributed by atoms with Gasteiger partial charge in [0.1, 0.15) is 5.75 Å². The van der Waals surface area contributed by atoms with E-state index in [1.54, 1.807) is 36.4 Å². The molecule has 0 spiro atoms. The van der Waals surface area contributed by atoms with Crippen molar-refractivity contribution in [3.63, 3.8) is 0 Å². The molecule has 0 aliphatic rings. The van der Waals surface area contributed by atoms with Crippen molar-refractivity contribution < 1.29 is 38.8 Å². The van der Waals surface area contributed by atoms with Crippen molar-refractivity contribution >= 4 is 35.8 Å². The fourth-order valence-electron chi connectivity index (χ4n) is 3.27. The van der Waals surface area contributed by atoms with Gasteiger partial charge in [0.2, 0.25) is 0 Å². The third-order valence-electron chi connectivity index (χ3n) is 5.16. The number of hydrogen-bond acceptors (Lipinski definition) is 8. The number of ketones is 2. The molecule has 0 radical (unpaired) electrons. The van der Waals surface area contributed by atoms with E-state index in [9.17, 15) is 24.6 Å². The number of carbonyl (C=O) groups excluding carboxylic acids is 3. The number of carbonyl (C=O) groups is 3. The molecular formula is C30H26O8. The second-order valence-electron chi connectivity index (χ2n) is 7.97. The van der Waals surface area contributed by atoms with Crippen LogP contribution in [-0.2, 0) is 14.4 Å². The first-order chi connectivity index (χ1) is 18.3. The Morgan fingerprint density at radius 2 is 1.26 bits per heavy atom. The molecule has 0 atom stereocenters. The lowest BCUT2D eigenvalue weighted by molar-refractivity contribution is -0.129. The lowest BCUT2D eigenvalue weighted by Gasteiger charge is -2.08. The number of ether oxygens (including phenoxy) is 3. The van der Waals surface area contributed by atoms with Gasteiger partial charge in [-0.1, -0.05) is 36.4 Å². The van der Waals surface area contributed by atoms with Gasteiger partial charge in [0, 0.05) is 6.08 Å². The minimum Gasteiger partial charge on any atom is -0.508 e. The van der Waals surface area contributed by atoms with Crippen LogP contribution in [0.4, 0.5) is 0 Å². The Balaban J connectivity index is 1.57. The van der Waals surface area contributed by atoms with Crippen molar-refractivity contribution in [1.82, 2.24) is 0 Å². The number of benzene rings is 3. The van der Waals surface area contributed by atoms with E-state index in [0.29, 0.717) is 16.7 Å². The van der Waals surface area contributed by atoms with Crippen LogP contribution in [0.1, 0.15) is 23.1 Å². The van der Waals surface area contributed by atoms with E-state index in [4.69, 9.17) is 14.2 Å². The molecule has 0 bridgehead atoms. The minimum atomic E-state index is -0.637. The van der Waals surface area contributed by atoms with Gasteiger partial charge < -0.3 is 24.4 Å². The molecule has 0 aliphatic heterocycles. The second kappa shape index (κ2) is 13.3. The first kappa shape index (κ1) is 27.5. The third-order valence-corrected chi connectivity index (χ3v) is 5.16. The van der Waals surface area contributed by atoms with Crippen LogP contribution in [-0.4, -0.2) is 42.0 Å². The topological polar surface area (TPSA) is 119 Å². The lowest BCUT2D eigenvalue weighted by Crippen LogP contribution is -2.05. The number of phenols is 2. The largest absolute Gasteiger partial charge is 0.508 e. The lowest BCUT2D eigenvalue weighted by atomic mass is 10.1. The maximum atomic E-state index is 12.2. The number of esters is 1. The van der Waals surface area contributed by atoms with Gasteiger partial charge >= 0.3 is 5.97 Å². The van der Waals surface area contributed by atoms with Gasteiger partial charge in [0.05, 0.1) is 20.6 Å². The summed E-state index contributed by atoms with van der Waals surface area (Å²) in [5.74, 6) is -0.599. The number of rotatable bonds is 11. The maximum Gasteiger partial charge on any atom is 0.336 e. The second-order valence-corrected chi connectivity index (χ2v) is 7.97. The molecule has 38 heavy (non-hydrogen) atoms. The Morgan fingerprint density at radius 1 is 0.684 bits per heavy atom. The van der Waals surface area contributed by atoms with E-state index in [1.807, 2.05) is 0 Å². The monoisotopic (exact) mass is 514 g/mol. The van der Waals surface area contributed by atoms with E-state index in [-0.39, 0.29) is 41.0 Å². The average molecular weight is 515 g/mol. The molecule has 0 fully saturated rings. The highest BCUT2D eigenvalue weighted by Crippen LogP contribution is 2.29. The highest BCUT2D eigenvalue weighted by atomic mass is 16.6. The van der Waals surface area contributed by atoms with Crippen molar-refractivity contribution in [2.45, 2.75) is 6.42 Å². The van der Waals surface area contributed by atoms with Crippen molar-refractivity contribution in [2.24, 2.45) is 0 Å². The van der Waals surface area contributed by atoms with Crippen LogP contribution < -0.4 is 14.2 Å². The normalized spacial score (nSPS) is 11.2. The highest BCUT2D eigenvalue weighted by Gasteiger charge is 2.10. The van der Waals surface area contributed by atoms with E-state index in [2.05, 4.69) is 0 Å². The predicted molar refractivity (Wildman–Crippen MR) is 143 cm³/mol. The number of methoxy groups -OCH3 is 2. The molecule has 8 nitrogen and oxygen atoms in total. The van der Waals surface area contributed by atoms with Gasteiger partial charge in [0.15, 0.2) is 34.6 Å². The van der Waals surface area contributed by atoms with Crippen molar-refractivity contribution in [3.8, 4) is 28.7 Å². The number of hydrogen-bond donors (Lipinski definition) is 2. The molecule has 194 valence electrons. The van der Waals surface area contributed by atoms with Crippen LogP contribution in [0.2, 0.25) is 0 Å². The highest BCUT2D eigenvalue weighted by molar-refractivity contribution is 6.10. The quantitative estimate of drug-likeness (QED) is 0.159. The Labute approximate surface area is 219 Å². The Morgan fingerprint density at radius 3 is 1.89 bits per heavy atom. The summed E-state index contributed by atoms with van der Waals surface area (Å²) in [6.45, 7) is 0. The summed E-state index contributed by atoms with van der Waals surface area (Å²) in [6.07, 6.45) is 8.05. The molecule has 0 aromatic heterocycles. The molecule has 0 heterocycles. The number of phenolic OH excluding ortho intramolecular Hbond substituents is 2. The molecule has 8 heteroatoms. The minimum absolute atomic E-state index is 0.0130. The molecule has 3 aromatic carbocycles. The van der Waals surface area contributed by atoms with Crippen molar-refractivity contribution in [3.05, 3.63) is 95.6 Å². The van der Waals surface area contributed by atoms with Gasteiger partial charge in [-0.25, -0.2) is 4.79 Å². The molecule has 0 saturated heterocycles. The fourth-order valence-corrected chi connectivity index (χ4v) is 3.27. The molecule has 0 unspecified atom stereocenters. The zero-order chi connectivity index (χ0) is 27.5. The summed E-state index contributed by atoms with van der Waals surface area (Å²) in [5, 5.41) is 19.1. The van der Waals surface area contributed by atoms with Crippen molar-refractivity contribution in [2.75, 3.05) is 14.2 Å². The SMILES string of the molecule is COc1cc(/C=C/C(=O)CC(=O)/C=C/c2ccc(OC(=O)/C=C/c3cccc(O)c3)c(OC)c2)ccc1O. The molecule has 0 aliphatic carbocycles. The van der Waals surface area contributed by atoms with Gasteiger partial charge in [-0.15, -0.1) is 0 Å². The van der Waals surface area contributed by atoms with Crippen LogP contribution >= 0.6 is 0 Å². The summed E-state index contributed by atoms with van der Waals surface area (Å²) >= 11 is 0. The molecule has 2 N–H and O–H groups in total. The summed E-state index contributed by atoms with van der Waals surface area (Å²) in [7, 11) is 2.84. The molecule has 3 rings (SSSR count). The summed E-state index contributed by atoms with van der Waals surface area (Å²) in [6, 6.07) is 15.8. The first-order valence-corrected chi connectivity index (χ1v) is 11.4. The van der Waals surface area contributed by atoms with E-state index in [1.165, 1.54) is 74.9 Å². The van der Waals surface area contributed by atoms with Gasteiger partial charge in [0.25, 0.3) is 0 Å². The summed E-state index contributed by atoms with van der Waals surface area (Å²) in [4.78, 5) is 36.6. The first-order valence-electron chi connectivity index (χ1n) is 11.4. The Hall–Kier alpha value is -5.11. The summed E-state index contributed by atoms with van der Waals surface area (Å²) < 4.78 is 15.7. The average Bonchev–Trinajstić information content (AvgIpc) is 2.91. The van der Waals surface area contributed by atoms with Gasteiger partial charge in [-0.2, -0.15) is 0 Å². The Bertz CT molecular complexity index is 1420. The zero-order valence-corrected chi connectivity index (χ0v) is 20.8. The van der Waals surface area contributed by atoms with Gasteiger partial charge in [-0.05, 0) is 71.3 Å². The zero-order valence-electron chi connectivity index (χ0n) is 20.8. The van der Waals surface area contributed by atoms with Crippen molar-refractivity contribution in [1.29, 1.82) is 0 Å². The molecule has 0 saturated carbocycles. The van der Waals surface area contributed by atoms with Crippen LogP contribution in [0.15, 0.2) is 78.9 Å². The number of aromatic hydroxyl groups is 2. The smallest absolute Gasteiger partial charge is 0.336 e. The molecular weight excluding hydrogens is 488 g/mol. The van der Waals surface area contributed by atoms with E-state index in [0.717, 1.165) is 0 Å².